The number of para-hydroxylation sites is 1. The molecule has 0 radical (unpaired) electrons. The zero-order valence-electron chi connectivity index (χ0n) is 6.68. The highest BCUT2D eigenvalue weighted by atomic mass is 79.9. The van der Waals surface area contributed by atoms with Crippen LogP contribution in [-0.2, 0) is 0 Å². The van der Waals surface area contributed by atoms with E-state index in [4.69, 9.17) is 0 Å². The Kier molecular flexibility index (Phi) is 3.36. The summed E-state index contributed by atoms with van der Waals surface area (Å²) in [5.41, 5.74) is 0. The van der Waals surface area contributed by atoms with Gasteiger partial charge in [-0.25, -0.2) is 0 Å². The molecule has 0 fully saturated rings. The second kappa shape index (κ2) is 4.16. The maximum absolute atomic E-state index is 12.4. The zero-order valence-corrected chi connectivity index (χ0v) is 8.27. The molecule has 0 aliphatic carbocycles. The molecule has 1 atom stereocenters. The van der Waals surface area contributed by atoms with E-state index in [-0.39, 0.29) is 10.2 Å². The smallest absolute Gasteiger partial charge is 0.451 e. The van der Waals surface area contributed by atoms with Crippen molar-refractivity contribution >= 4 is 15.9 Å². The van der Waals surface area contributed by atoms with Gasteiger partial charge in [-0.05, 0) is 28.1 Å². The summed E-state index contributed by atoms with van der Waals surface area (Å²) in [6.07, 6.45) is -8.31. The molecule has 0 bridgehead atoms. The lowest BCUT2D eigenvalue weighted by molar-refractivity contribution is -0.236. The van der Waals surface area contributed by atoms with Crippen LogP contribution in [0.4, 0.5) is 17.6 Å². The molecule has 14 heavy (non-hydrogen) atoms. The third-order valence-electron chi connectivity index (χ3n) is 1.32. The van der Waals surface area contributed by atoms with Gasteiger partial charge in [0, 0.05) is 0 Å². The zero-order chi connectivity index (χ0) is 10.8. The summed E-state index contributed by atoms with van der Waals surface area (Å²) in [6.45, 7) is 0. The van der Waals surface area contributed by atoms with E-state index in [0.717, 1.165) is 0 Å². The molecule has 1 unspecified atom stereocenters. The molecule has 0 heterocycles. The lowest BCUT2D eigenvalue weighted by Gasteiger charge is -2.14. The fourth-order valence-corrected chi connectivity index (χ4v) is 1.10. The first-order valence-electron chi connectivity index (χ1n) is 3.53. The van der Waals surface area contributed by atoms with E-state index in [0.29, 0.717) is 0 Å². The van der Waals surface area contributed by atoms with Crippen molar-refractivity contribution in [2.24, 2.45) is 0 Å². The summed E-state index contributed by atoms with van der Waals surface area (Å²) in [7, 11) is 0. The Hall–Kier alpha value is -0.780. The Balaban J connectivity index is 2.75. The van der Waals surface area contributed by atoms with Crippen LogP contribution in [0.2, 0.25) is 0 Å². The molecule has 0 N–H and O–H groups in total. The third-order valence-corrected chi connectivity index (χ3v) is 1.98. The number of hydrogen-bond donors (Lipinski definition) is 0. The van der Waals surface area contributed by atoms with E-state index in [9.17, 15) is 17.6 Å². The summed E-state index contributed by atoms with van der Waals surface area (Å²) >= 11 is 2.93. The van der Waals surface area contributed by atoms with Gasteiger partial charge in [0.05, 0.1) is 4.47 Å². The second-order valence-corrected chi connectivity index (χ2v) is 3.26. The van der Waals surface area contributed by atoms with Gasteiger partial charge in [-0.15, -0.1) is 0 Å². The fraction of sp³-hybridized carbons (Fsp3) is 0.250. The van der Waals surface area contributed by atoms with Gasteiger partial charge in [0.25, 0.3) is 0 Å². The first-order valence-corrected chi connectivity index (χ1v) is 4.32. The van der Waals surface area contributed by atoms with Gasteiger partial charge >= 0.3 is 12.5 Å². The summed E-state index contributed by atoms with van der Waals surface area (Å²) in [6, 6.07) is 5.72. The molecule has 1 aromatic carbocycles. The van der Waals surface area contributed by atoms with Gasteiger partial charge < -0.3 is 4.74 Å². The standard InChI is InChI=1S/C8H5BrF4O/c9-5-3-1-2-4-6(5)14-7(10)8(11,12)13/h1-4,7H. The molecule has 0 aromatic heterocycles. The van der Waals surface area contributed by atoms with Gasteiger partial charge in [-0.2, -0.15) is 17.6 Å². The van der Waals surface area contributed by atoms with Crippen LogP contribution in [0.1, 0.15) is 0 Å². The van der Waals surface area contributed by atoms with Crippen LogP contribution in [0.15, 0.2) is 28.7 Å². The molecule has 1 rings (SSSR count). The molecule has 0 spiro atoms. The average Bonchev–Trinajstić information content (AvgIpc) is 2.07. The van der Waals surface area contributed by atoms with Crippen molar-refractivity contribution in [2.75, 3.05) is 0 Å². The lowest BCUT2D eigenvalue weighted by Crippen LogP contribution is -2.29. The molecule has 1 nitrogen and oxygen atoms in total. The van der Waals surface area contributed by atoms with Gasteiger partial charge in [-0.1, -0.05) is 12.1 Å². The van der Waals surface area contributed by atoms with E-state index in [1.165, 1.54) is 18.2 Å². The monoisotopic (exact) mass is 272 g/mol. The highest BCUT2D eigenvalue weighted by Crippen LogP contribution is 2.30. The van der Waals surface area contributed by atoms with Crippen LogP contribution in [0.5, 0.6) is 5.75 Å². The Labute approximate surface area is 85.8 Å². The summed E-state index contributed by atoms with van der Waals surface area (Å²) in [5, 5.41) is 0. The number of hydrogen-bond acceptors (Lipinski definition) is 1. The van der Waals surface area contributed by atoms with Crippen molar-refractivity contribution in [2.45, 2.75) is 12.5 Å². The molecular weight excluding hydrogens is 268 g/mol. The Morgan fingerprint density at radius 3 is 2.29 bits per heavy atom. The van der Waals surface area contributed by atoms with Crippen LogP contribution in [0.3, 0.4) is 0 Å². The van der Waals surface area contributed by atoms with Gasteiger partial charge in [0.15, 0.2) is 0 Å². The largest absolute Gasteiger partial charge is 0.457 e. The first kappa shape index (κ1) is 11.3. The van der Waals surface area contributed by atoms with Crippen molar-refractivity contribution in [1.29, 1.82) is 0 Å². The van der Waals surface area contributed by atoms with Crippen molar-refractivity contribution in [1.82, 2.24) is 0 Å². The number of ether oxygens (including phenoxy) is 1. The van der Waals surface area contributed by atoms with E-state index < -0.39 is 12.5 Å². The molecule has 0 saturated heterocycles. The van der Waals surface area contributed by atoms with E-state index in [2.05, 4.69) is 20.7 Å². The summed E-state index contributed by atoms with van der Waals surface area (Å²) in [5.74, 6) is -0.183. The Morgan fingerprint density at radius 2 is 1.79 bits per heavy atom. The van der Waals surface area contributed by atoms with Crippen LogP contribution in [0.25, 0.3) is 0 Å². The first-order chi connectivity index (χ1) is 6.41. The average molecular weight is 273 g/mol. The van der Waals surface area contributed by atoms with Crippen LogP contribution in [0, 0.1) is 0 Å². The molecule has 0 aliphatic heterocycles. The number of rotatable bonds is 2. The normalized spacial score (nSPS) is 13.8. The minimum absolute atomic E-state index is 0.183. The highest BCUT2D eigenvalue weighted by Gasteiger charge is 2.42. The topological polar surface area (TPSA) is 9.23 Å². The van der Waals surface area contributed by atoms with Gasteiger partial charge in [0.1, 0.15) is 5.75 Å². The molecule has 0 amide bonds. The van der Waals surface area contributed by atoms with Gasteiger partial charge in [-0.3, -0.25) is 0 Å². The van der Waals surface area contributed by atoms with E-state index >= 15 is 0 Å². The number of alkyl halides is 4. The minimum atomic E-state index is -5.00. The Bertz CT molecular complexity index is 312. The minimum Gasteiger partial charge on any atom is -0.451 e. The van der Waals surface area contributed by atoms with E-state index in [1.54, 1.807) is 6.07 Å². The maximum atomic E-state index is 12.4. The summed E-state index contributed by atoms with van der Waals surface area (Å²) < 4.78 is 52.0. The fourth-order valence-electron chi connectivity index (χ4n) is 0.719. The highest BCUT2D eigenvalue weighted by molar-refractivity contribution is 9.10. The second-order valence-electron chi connectivity index (χ2n) is 2.41. The van der Waals surface area contributed by atoms with E-state index in [1.807, 2.05) is 0 Å². The molecule has 6 heteroatoms. The van der Waals surface area contributed by atoms with Crippen molar-refractivity contribution in [3.63, 3.8) is 0 Å². The third kappa shape index (κ3) is 2.87. The number of benzene rings is 1. The molecule has 0 saturated carbocycles. The number of halogens is 5. The Morgan fingerprint density at radius 1 is 1.21 bits per heavy atom. The molecule has 0 aliphatic rings. The predicted molar refractivity (Wildman–Crippen MR) is 45.7 cm³/mol. The van der Waals surface area contributed by atoms with Crippen molar-refractivity contribution in [3.05, 3.63) is 28.7 Å². The summed E-state index contributed by atoms with van der Waals surface area (Å²) in [4.78, 5) is 0. The van der Waals surface area contributed by atoms with Crippen molar-refractivity contribution in [3.8, 4) is 5.75 Å². The predicted octanol–water partition coefficient (Wildman–Crippen LogP) is 3.69. The maximum Gasteiger partial charge on any atom is 0.457 e. The molecular formula is C8H5BrF4O. The molecule has 78 valence electrons. The van der Waals surface area contributed by atoms with Crippen molar-refractivity contribution < 1.29 is 22.3 Å². The van der Waals surface area contributed by atoms with Gasteiger partial charge in [0.2, 0.25) is 0 Å². The lowest BCUT2D eigenvalue weighted by atomic mass is 10.3. The van der Waals surface area contributed by atoms with Crippen LogP contribution in [-0.4, -0.2) is 12.5 Å². The van der Waals surface area contributed by atoms with Crippen LogP contribution >= 0.6 is 15.9 Å². The molecule has 1 aromatic rings. The van der Waals surface area contributed by atoms with Crippen LogP contribution < -0.4 is 4.74 Å². The quantitative estimate of drug-likeness (QED) is 0.747. The SMILES string of the molecule is FC(Oc1ccccc1Br)C(F)(F)F.